The van der Waals surface area contributed by atoms with Gasteiger partial charge in [-0.1, -0.05) is 56.0 Å². The molecular weight excluding hydrogens is 669 g/mol. The van der Waals surface area contributed by atoms with Gasteiger partial charge in [0.05, 0.1) is 33.3 Å². The number of rotatable bonds is 6. The SMILES string of the molecule is C.O=C(O)c1cc(Cc2n[nH]c(=O)c3ccccc23)ccc1F.O=C(c1cc(Cc2n[nH]c(=O)c3ccccc23)ccc1F)N1CCCNCC1.[B]. The number of nitrogens with zero attached hydrogens (tertiary/aromatic N) is 3. The Balaban J connectivity index is 0.000000230. The van der Waals surface area contributed by atoms with Gasteiger partial charge in [-0.3, -0.25) is 14.4 Å². The zero-order chi connectivity index (χ0) is 35.2. The highest BCUT2D eigenvalue weighted by molar-refractivity contribution is 5.95. The van der Waals surface area contributed by atoms with E-state index >= 15 is 0 Å². The number of carbonyl (C=O) groups is 2. The fraction of sp³-hybridized carbons (Fsp3) is 0.211. The van der Waals surface area contributed by atoms with Crippen molar-refractivity contribution in [3.05, 3.63) is 151 Å². The number of aromatic amines is 2. The van der Waals surface area contributed by atoms with Gasteiger partial charge in [-0.15, -0.1) is 0 Å². The molecule has 3 radical (unpaired) electrons. The van der Waals surface area contributed by atoms with Crippen LogP contribution in [0.3, 0.4) is 0 Å². The van der Waals surface area contributed by atoms with Crippen LogP contribution in [0.4, 0.5) is 8.78 Å². The van der Waals surface area contributed by atoms with Crippen LogP contribution in [0.15, 0.2) is 94.5 Å². The Morgan fingerprint density at radius 1 is 0.692 bits per heavy atom. The molecule has 6 aromatic rings. The lowest BCUT2D eigenvalue weighted by atomic mass is 10.0. The number of carboxylic acid groups (broad SMARTS) is 1. The van der Waals surface area contributed by atoms with E-state index in [4.69, 9.17) is 5.11 Å². The predicted molar refractivity (Wildman–Crippen MR) is 196 cm³/mol. The van der Waals surface area contributed by atoms with Crippen LogP contribution in [-0.2, 0) is 12.8 Å². The van der Waals surface area contributed by atoms with E-state index in [0.29, 0.717) is 59.2 Å². The molecule has 0 bridgehead atoms. The van der Waals surface area contributed by atoms with Crippen LogP contribution >= 0.6 is 0 Å². The Hall–Kier alpha value is -6.02. The molecule has 3 heterocycles. The van der Waals surface area contributed by atoms with Gasteiger partial charge in [0, 0.05) is 51.7 Å². The summed E-state index contributed by atoms with van der Waals surface area (Å²) in [6, 6.07) is 22.7. The van der Waals surface area contributed by atoms with E-state index < -0.39 is 17.6 Å². The molecular formula is C38H36BF2N6O5. The van der Waals surface area contributed by atoms with Crippen LogP contribution in [0.25, 0.3) is 21.5 Å². The molecule has 1 aliphatic heterocycles. The number of hydrogen-bond donors (Lipinski definition) is 4. The number of nitrogens with one attached hydrogen (secondary N) is 3. The molecule has 1 amide bonds. The van der Waals surface area contributed by atoms with Gasteiger partial charge in [-0.25, -0.2) is 23.8 Å². The summed E-state index contributed by atoms with van der Waals surface area (Å²) in [7, 11) is 0. The average Bonchev–Trinajstić information content (AvgIpc) is 3.42. The lowest BCUT2D eigenvalue weighted by Crippen LogP contribution is -2.34. The van der Waals surface area contributed by atoms with Crippen molar-refractivity contribution in [3.8, 4) is 0 Å². The van der Waals surface area contributed by atoms with Crippen molar-refractivity contribution in [2.24, 2.45) is 0 Å². The molecule has 1 saturated heterocycles. The van der Waals surface area contributed by atoms with E-state index in [-0.39, 0.29) is 50.4 Å². The maximum Gasteiger partial charge on any atom is 0.338 e. The Bertz CT molecular complexity index is 2340. The smallest absolute Gasteiger partial charge is 0.338 e. The topological polar surface area (TPSA) is 161 Å². The summed E-state index contributed by atoms with van der Waals surface area (Å²) >= 11 is 0. The van der Waals surface area contributed by atoms with Gasteiger partial charge in [-0.2, -0.15) is 10.2 Å². The standard InChI is InChI=1S/C21H21FN4O2.C16H11FN2O3.CH4.B/c22-18-7-6-14(12-17(18)21(28)26-10-3-8-23-9-11-26)13-19-15-4-1-2-5-16(15)20(27)25-24-19;17-13-6-5-9(7-12(13)16(21)22)8-14-10-3-1-2-4-11(10)15(20)19-18-14;;/h1-2,4-7,12,23H,3,8-11,13H2,(H,25,27);1-7H,8H2,(H,19,20)(H,21,22);1H4;. The van der Waals surface area contributed by atoms with Gasteiger partial charge in [0.15, 0.2) is 0 Å². The molecule has 4 N–H and O–H groups in total. The van der Waals surface area contributed by atoms with Crippen molar-refractivity contribution in [1.82, 2.24) is 30.6 Å². The zero-order valence-corrected chi connectivity index (χ0v) is 27.3. The second-order valence-corrected chi connectivity index (χ2v) is 11.8. The Kier molecular flexibility index (Phi) is 12.9. The fourth-order valence-corrected chi connectivity index (χ4v) is 5.91. The van der Waals surface area contributed by atoms with E-state index in [0.717, 1.165) is 30.0 Å². The molecule has 14 heteroatoms. The van der Waals surface area contributed by atoms with Crippen LogP contribution in [0.5, 0.6) is 0 Å². The minimum Gasteiger partial charge on any atom is -0.478 e. The number of amides is 1. The van der Waals surface area contributed by atoms with Gasteiger partial charge in [0.25, 0.3) is 17.0 Å². The van der Waals surface area contributed by atoms with Crippen LogP contribution < -0.4 is 16.4 Å². The lowest BCUT2D eigenvalue weighted by Gasteiger charge is -2.20. The molecule has 0 saturated carbocycles. The van der Waals surface area contributed by atoms with Gasteiger partial charge in [0.1, 0.15) is 11.6 Å². The summed E-state index contributed by atoms with van der Waals surface area (Å²) in [5, 5.41) is 27.8. The minimum absolute atomic E-state index is 0. The molecule has 0 aliphatic carbocycles. The van der Waals surface area contributed by atoms with Crippen molar-refractivity contribution < 1.29 is 23.5 Å². The molecule has 0 spiro atoms. The number of halogens is 2. The van der Waals surface area contributed by atoms with E-state index in [2.05, 4.69) is 25.7 Å². The zero-order valence-electron chi connectivity index (χ0n) is 27.3. The monoisotopic (exact) mass is 705 g/mol. The second kappa shape index (κ2) is 17.3. The third kappa shape index (κ3) is 8.64. The number of H-pyrrole nitrogens is 2. The summed E-state index contributed by atoms with van der Waals surface area (Å²) in [6.45, 7) is 2.74. The Labute approximate surface area is 299 Å². The van der Waals surface area contributed by atoms with Crippen LogP contribution in [0, 0.1) is 11.6 Å². The third-order valence-corrected chi connectivity index (χ3v) is 8.44. The summed E-state index contributed by atoms with van der Waals surface area (Å²) in [5.41, 5.74) is 1.80. The molecule has 52 heavy (non-hydrogen) atoms. The van der Waals surface area contributed by atoms with Gasteiger partial charge in [-0.05, 0) is 60.5 Å². The number of benzene rings is 4. The normalized spacial score (nSPS) is 12.5. The van der Waals surface area contributed by atoms with E-state index in [1.165, 1.54) is 18.2 Å². The number of fused-ring (bicyclic) bond motifs is 2. The largest absolute Gasteiger partial charge is 0.478 e. The predicted octanol–water partition coefficient (Wildman–Crippen LogP) is 4.70. The van der Waals surface area contributed by atoms with E-state index in [1.54, 1.807) is 53.4 Å². The molecule has 1 aliphatic rings. The summed E-state index contributed by atoms with van der Waals surface area (Å²) in [4.78, 5) is 49.2. The lowest BCUT2D eigenvalue weighted by molar-refractivity contribution is 0.0690. The number of carbonyl (C=O) groups excluding carboxylic acids is 1. The first-order chi connectivity index (χ1) is 24.2. The summed E-state index contributed by atoms with van der Waals surface area (Å²) < 4.78 is 27.8. The Morgan fingerprint density at radius 2 is 1.17 bits per heavy atom. The highest BCUT2D eigenvalue weighted by atomic mass is 19.1. The highest BCUT2D eigenvalue weighted by Gasteiger charge is 2.21. The molecule has 0 unspecified atom stereocenters. The van der Waals surface area contributed by atoms with Crippen LogP contribution in [0.2, 0.25) is 0 Å². The molecule has 1 fully saturated rings. The number of aromatic nitrogens is 4. The molecule has 265 valence electrons. The van der Waals surface area contributed by atoms with Crippen molar-refractivity contribution in [3.63, 3.8) is 0 Å². The number of carboxylic acids is 1. The molecule has 7 rings (SSSR count). The highest BCUT2D eigenvalue weighted by Crippen LogP contribution is 2.21. The quantitative estimate of drug-likeness (QED) is 0.182. The Morgan fingerprint density at radius 3 is 1.69 bits per heavy atom. The maximum atomic E-state index is 14.4. The molecule has 0 atom stereocenters. The average molecular weight is 706 g/mol. The van der Waals surface area contributed by atoms with Crippen molar-refractivity contribution in [1.29, 1.82) is 0 Å². The number of aromatic carboxylic acids is 1. The van der Waals surface area contributed by atoms with Gasteiger partial charge >= 0.3 is 5.97 Å². The molecule has 11 nitrogen and oxygen atoms in total. The van der Waals surface area contributed by atoms with Gasteiger partial charge in [0.2, 0.25) is 0 Å². The summed E-state index contributed by atoms with van der Waals surface area (Å²) in [5.74, 6) is -2.92. The molecule has 2 aromatic heterocycles. The molecule has 4 aromatic carbocycles. The second-order valence-electron chi connectivity index (χ2n) is 11.8. The minimum atomic E-state index is -1.32. The first-order valence-corrected chi connectivity index (χ1v) is 15.9. The summed E-state index contributed by atoms with van der Waals surface area (Å²) in [6.07, 6.45) is 1.53. The van der Waals surface area contributed by atoms with Crippen molar-refractivity contribution in [2.75, 3.05) is 26.2 Å². The first kappa shape index (κ1) is 38.8. The van der Waals surface area contributed by atoms with Crippen LogP contribution in [0.1, 0.15) is 57.1 Å². The fourth-order valence-electron chi connectivity index (χ4n) is 5.91. The third-order valence-electron chi connectivity index (χ3n) is 8.44. The van der Waals surface area contributed by atoms with Crippen molar-refractivity contribution in [2.45, 2.75) is 26.7 Å². The first-order valence-electron chi connectivity index (χ1n) is 15.9. The van der Waals surface area contributed by atoms with E-state index in [1.807, 2.05) is 12.1 Å². The van der Waals surface area contributed by atoms with Crippen molar-refractivity contribution >= 4 is 41.8 Å². The van der Waals surface area contributed by atoms with Gasteiger partial charge < -0.3 is 15.3 Å². The van der Waals surface area contributed by atoms with E-state index in [9.17, 15) is 28.0 Å². The maximum absolute atomic E-state index is 14.4. The van der Waals surface area contributed by atoms with Crippen LogP contribution in [-0.4, -0.2) is 76.9 Å². The number of hydrogen-bond acceptors (Lipinski definition) is 7.